The molecule has 0 aromatic heterocycles. The normalized spacial score (nSPS) is 25.4. The highest BCUT2D eigenvalue weighted by Crippen LogP contribution is 2.55. The minimum atomic E-state index is -4.46. The van der Waals surface area contributed by atoms with Gasteiger partial charge in [0.1, 0.15) is 0 Å². The Labute approximate surface area is 46.9 Å². The Morgan fingerprint density at radius 1 is 1.50 bits per heavy atom. The average molecular weight is 135 g/mol. The van der Waals surface area contributed by atoms with E-state index in [1.165, 1.54) is 0 Å². The Balaban J connectivity index is 2.73. The van der Waals surface area contributed by atoms with E-state index < -0.39 is 12.9 Å². The van der Waals surface area contributed by atoms with E-state index in [4.69, 9.17) is 5.73 Å². The van der Waals surface area contributed by atoms with Crippen LogP contribution in [0, 0.1) is 0 Å². The molecule has 0 unspecified atom stereocenters. The van der Waals surface area contributed by atoms with Crippen LogP contribution < -0.4 is 15.5 Å². The van der Waals surface area contributed by atoms with Crippen molar-refractivity contribution in [3.05, 3.63) is 0 Å². The van der Waals surface area contributed by atoms with Gasteiger partial charge in [-0.05, 0) is 20.4 Å². The zero-order valence-electron chi connectivity index (χ0n) is 4.16. The first kappa shape index (κ1) is 6.23. The monoisotopic (exact) mass is 135 g/mol. The first-order valence-corrected chi connectivity index (χ1v) is 3.81. The van der Waals surface area contributed by atoms with Gasteiger partial charge in [-0.2, -0.15) is 0 Å². The van der Waals surface area contributed by atoms with Crippen molar-refractivity contribution in [2.45, 2.75) is 18.1 Å². The Hall–Kier alpha value is 0.110. The lowest BCUT2D eigenvalue weighted by Crippen LogP contribution is -2.34. The minimum Gasteiger partial charge on any atom is -0.809 e. The van der Waals surface area contributed by atoms with E-state index in [1.807, 2.05) is 0 Å². The molecule has 8 heavy (non-hydrogen) atoms. The van der Waals surface area contributed by atoms with Gasteiger partial charge in [0.25, 0.3) is 0 Å². The molecule has 1 aliphatic carbocycles. The van der Waals surface area contributed by atoms with Crippen molar-refractivity contribution in [3.63, 3.8) is 0 Å². The summed E-state index contributed by atoms with van der Waals surface area (Å²) in [6.07, 6.45) is 0.661. The maximum absolute atomic E-state index is 10.1. The lowest BCUT2D eigenvalue weighted by Gasteiger charge is -2.35. The van der Waals surface area contributed by atoms with Crippen LogP contribution in [0.2, 0.25) is 0 Å². The highest BCUT2D eigenvalue weighted by molar-refractivity contribution is 7.51. The van der Waals surface area contributed by atoms with Gasteiger partial charge in [-0.3, -0.25) is 0 Å². The molecule has 0 heterocycles. The predicted molar refractivity (Wildman–Crippen MR) is 23.8 cm³/mol. The molecule has 0 saturated heterocycles. The SMILES string of the molecule is NC1(P(=O)([O-])[O-])CC1. The molecule has 0 aromatic rings. The largest absolute Gasteiger partial charge is 0.809 e. The van der Waals surface area contributed by atoms with Crippen molar-refractivity contribution in [1.82, 2.24) is 0 Å². The van der Waals surface area contributed by atoms with Gasteiger partial charge in [-0.25, -0.2) is 0 Å². The number of hydrogen-bond acceptors (Lipinski definition) is 4. The Kier molecular flexibility index (Phi) is 1.04. The van der Waals surface area contributed by atoms with Crippen molar-refractivity contribution < 1.29 is 14.4 Å². The molecule has 1 saturated carbocycles. The second-order valence-electron chi connectivity index (χ2n) is 2.10. The van der Waals surface area contributed by atoms with Crippen LogP contribution in [0.25, 0.3) is 0 Å². The third-order valence-electron chi connectivity index (χ3n) is 1.31. The first-order chi connectivity index (χ1) is 3.46. The fourth-order valence-electron chi connectivity index (χ4n) is 0.402. The highest BCUT2D eigenvalue weighted by Gasteiger charge is 2.41. The summed E-state index contributed by atoms with van der Waals surface area (Å²) in [5.74, 6) is 0. The van der Waals surface area contributed by atoms with Gasteiger partial charge in [-0.1, -0.05) is 0 Å². The molecule has 1 fully saturated rings. The number of nitrogens with two attached hydrogens (primary N) is 1. The first-order valence-electron chi connectivity index (χ1n) is 2.27. The van der Waals surface area contributed by atoms with E-state index in [1.54, 1.807) is 0 Å². The summed E-state index contributed by atoms with van der Waals surface area (Å²) in [5.41, 5.74) is 5.04. The molecular weight excluding hydrogens is 129 g/mol. The summed E-state index contributed by atoms with van der Waals surface area (Å²) in [6.45, 7) is 0. The van der Waals surface area contributed by atoms with Crippen LogP contribution in [0.5, 0.6) is 0 Å². The standard InChI is InChI=1S/C3H8NO3P/c4-3(1-2-3)8(5,6)7/h1-2,4H2,(H2,5,6,7)/p-2. The van der Waals surface area contributed by atoms with Crippen LogP contribution in [-0.2, 0) is 4.57 Å². The van der Waals surface area contributed by atoms with Crippen molar-refractivity contribution >= 4 is 7.60 Å². The maximum atomic E-state index is 10.1. The van der Waals surface area contributed by atoms with Crippen molar-refractivity contribution in [2.24, 2.45) is 5.73 Å². The molecule has 2 N–H and O–H groups in total. The molecular formula is C3H6NO3P-2. The van der Waals surface area contributed by atoms with E-state index in [2.05, 4.69) is 0 Å². The van der Waals surface area contributed by atoms with Gasteiger partial charge < -0.3 is 20.1 Å². The molecule has 5 heteroatoms. The van der Waals surface area contributed by atoms with Crippen LogP contribution in [0.1, 0.15) is 12.8 Å². The zero-order valence-corrected chi connectivity index (χ0v) is 5.06. The Morgan fingerprint density at radius 3 is 1.88 bits per heavy atom. The maximum Gasteiger partial charge on any atom is 0.0435 e. The smallest absolute Gasteiger partial charge is 0.0435 e. The van der Waals surface area contributed by atoms with E-state index >= 15 is 0 Å². The van der Waals surface area contributed by atoms with E-state index in [0.717, 1.165) is 0 Å². The molecule has 4 nitrogen and oxygen atoms in total. The molecule has 0 spiro atoms. The quantitative estimate of drug-likeness (QED) is 0.436. The fraction of sp³-hybridized carbons (Fsp3) is 1.00. The minimum absolute atomic E-state index is 0.331. The van der Waals surface area contributed by atoms with E-state index in [-0.39, 0.29) is 0 Å². The average Bonchev–Trinajstić information content (AvgIpc) is 2.16. The second kappa shape index (κ2) is 1.33. The van der Waals surface area contributed by atoms with Crippen molar-refractivity contribution in [2.75, 3.05) is 0 Å². The van der Waals surface area contributed by atoms with Crippen molar-refractivity contribution in [1.29, 1.82) is 0 Å². The number of rotatable bonds is 1. The molecule has 48 valence electrons. The molecule has 1 rings (SSSR count). The third-order valence-corrected chi connectivity index (χ3v) is 2.85. The summed E-state index contributed by atoms with van der Waals surface area (Å²) in [4.78, 5) is 20.1. The van der Waals surface area contributed by atoms with Crippen LogP contribution in [-0.4, -0.2) is 5.28 Å². The van der Waals surface area contributed by atoms with Crippen LogP contribution in [0.3, 0.4) is 0 Å². The summed E-state index contributed by atoms with van der Waals surface area (Å²) in [5, 5.41) is -1.37. The summed E-state index contributed by atoms with van der Waals surface area (Å²) < 4.78 is 10.1. The van der Waals surface area contributed by atoms with Crippen LogP contribution in [0.15, 0.2) is 0 Å². The van der Waals surface area contributed by atoms with Gasteiger partial charge in [0.2, 0.25) is 0 Å². The van der Waals surface area contributed by atoms with E-state index in [0.29, 0.717) is 12.8 Å². The summed E-state index contributed by atoms with van der Waals surface area (Å²) in [6, 6.07) is 0. The molecule has 0 aliphatic heterocycles. The molecule has 0 bridgehead atoms. The van der Waals surface area contributed by atoms with Crippen LogP contribution in [0.4, 0.5) is 0 Å². The van der Waals surface area contributed by atoms with Gasteiger partial charge >= 0.3 is 0 Å². The summed E-state index contributed by atoms with van der Waals surface area (Å²) >= 11 is 0. The Bertz CT molecular complexity index is 147. The van der Waals surface area contributed by atoms with Gasteiger partial charge in [-0.15, -0.1) is 0 Å². The lowest BCUT2D eigenvalue weighted by molar-refractivity contribution is -0.317. The third kappa shape index (κ3) is 0.801. The lowest BCUT2D eigenvalue weighted by atomic mass is 10.8. The molecule has 0 amide bonds. The Morgan fingerprint density at radius 2 is 1.88 bits per heavy atom. The second-order valence-corrected chi connectivity index (χ2v) is 3.99. The van der Waals surface area contributed by atoms with Crippen LogP contribution >= 0.6 is 7.60 Å². The van der Waals surface area contributed by atoms with E-state index in [9.17, 15) is 14.4 Å². The van der Waals surface area contributed by atoms with Gasteiger partial charge in [0.15, 0.2) is 0 Å². The summed E-state index contributed by atoms with van der Waals surface area (Å²) in [7, 11) is -4.46. The van der Waals surface area contributed by atoms with Gasteiger partial charge in [0.05, 0.1) is 0 Å². The zero-order chi connectivity index (χ0) is 6.41. The van der Waals surface area contributed by atoms with Crippen molar-refractivity contribution in [3.8, 4) is 0 Å². The molecule has 1 aliphatic rings. The predicted octanol–water partition coefficient (Wildman–Crippen LogP) is -1.65. The molecule has 0 aromatic carbocycles. The molecule has 0 atom stereocenters. The molecule has 0 radical (unpaired) electrons. The van der Waals surface area contributed by atoms with Gasteiger partial charge in [0, 0.05) is 5.28 Å². The number of hydrogen-bond donors (Lipinski definition) is 1. The fourth-order valence-corrected chi connectivity index (χ4v) is 1.06. The topological polar surface area (TPSA) is 89.2 Å². The highest BCUT2D eigenvalue weighted by atomic mass is 31.2.